The SMILES string of the molecule is Bc1cc(B)c2c(c1)c1cc3c(cc1n2-c1cc(-c2ccccc2)cc(-c2ccccc2)c1)c1cc(B)cc(B)c1n3-c1nc(-c2ccccc2)nc(-c2ccccc2)n1. The Morgan fingerprint density at radius 3 is 1.18 bits per heavy atom. The van der Waals surface area contributed by atoms with Gasteiger partial charge in [0.1, 0.15) is 31.4 Å². The first kappa shape index (κ1) is 35.8. The number of aromatic nitrogens is 5. The lowest BCUT2D eigenvalue weighted by Crippen LogP contribution is -2.17. The van der Waals surface area contributed by atoms with Crippen LogP contribution in [-0.2, 0) is 0 Å². The third-order valence-corrected chi connectivity index (χ3v) is 11.8. The maximum absolute atomic E-state index is 5.27. The van der Waals surface area contributed by atoms with E-state index in [0.29, 0.717) is 17.6 Å². The van der Waals surface area contributed by atoms with Crippen molar-refractivity contribution in [1.82, 2.24) is 24.1 Å². The Hall–Kier alpha value is -7.37. The lowest BCUT2D eigenvalue weighted by molar-refractivity contribution is 0.955. The van der Waals surface area contributed by atoms with Crippen molar-refractivity contribution < 1.29 is 0 Å². The van der Waals surface area contributed by atoms with Crippen molar-refractivity contribution in [2.45, 2.75) is 0 Å². The van der Waals surface area contributed by atoms with Crippen LogP contribution in [0.5, 0.6) is 0 Å². The van der Waals surface area contributed by atoms with Crippen LogP contribution in [0.3, 0.4) is 0 Å². The van der Waals surface area contributed by atoms with Crippen molar-refractivity contribution in [2.24, 2.45) is 0 Å². The minimum absolute atomic E-state index is 0.591. The van der Waals surface area contributed by atoms with Gasteiger partial charge in [0.25, 0.3) is 0 Å². The molecule has 8 aromatic carbocycles. The van der Waals surface area contributed by atoms with Crippen LogP contribution in [0, 0.1) is 0 Å². The van der Waals surface area contributed by atoms with Gasteiger partial charge in [0.05, 0.1) is 16.6 Å². The van der Waals surface area contributed by atoms with Gasteiger partial charge in [-0.15, -0.1) is 0 Å². The van der Waals surface area contributed by atoms with Crippen molar-refractivity contribution in [3.05, 3.63) is 176 Å². The zero-order valence-corrected chi connectivity index (χ0v) is 34.0. The maximum Gasteiger partial charge on any atom is 0.238 e. The van der Waals surface area contributed by atoms with Crippen molar-refractivity contribution in [2.75, 3.05) is 0 Å². The van der Waals surface area contributed by atoms with Crippen LogP contribution in [0.4, 0.5) is 0 Å². The van der Waals surface area contributed by atoms with E-state index in [1.165, 1.54) is 60.3 Å². The summed E-state index contributed by atoms with van der Waals surface area (Å²) < 4.78 is 4.77. The highest BCUT2D eigenvalue weighted by Crippen LogP contribution is 2.40. The van der Waals surface area contributed by atoms with Crippen molar-refractivity contribution in [1.29, 1.82) is 0 Å². The fourth-order valence-electron chi connectivity index (χ4n) is 9.25. The average molecular weight is 763 g/mol. The van der Waals surface area contributed by atoms with E-state index in [1.807, 2.05) is 36.4 Å². The highest BCUT2D eigenvalue weighted by molar-refractivity contribution is 6.46. The second-order valence-electron chi connectivity index (χ2n) is 16.0. The Bertz CT molecular complexity index is 3110. The van der Waals surface area contributed by atoms with E-state index in [9.17, 15) is 0 Å². The number of rotatable bonds is 6. The Morgan fingerprint density at radius 2 is 0.733 bits per heavy atom. The summed E-state index contributed by atoms with van der Waals surface area (Å²) in [5.74, 6) is 1.86. The Kier molecular flexibility index (Phi) is 8.45. The molecule has 0 bridgehead atoms. The lowest BCUT2D eigenvalue weighted by Gasteiger charge is -2.15. The molecule has 0 fully saturated rings. The molecule has 3 heterocycles. The normalized spacial score (nSPS) is 11.6. The zero-order chi connectivity index (χ0) is 40.5. The molecule has 11 aromatic rings. The van der Waals surface area contributed by atoms with Crippen LogP contribution in [0.2, 0.25) is 0 Å². The molecule has 0 amide bonds. The Balaban J connectivity index is 1.26. The van der Waals surface area contributed by atoms with E-state index in [1.54, 1.807) is 0 Å². The van der Waals surface area contributed by atoms with E-state index < -0.39 is 0 Å². The Morgan fingerprint density at radius 1 is 0.333 bits per heavy atom. The summed E-state index contributed by atoms with van der Waals surface area (Å²) in [5.41, 5.74) is 17.0. The van der Waals surface area contributed by atoms with Gasteiger partial charge in [-0.1, -0.05) is 167 Å². The standard InChI is InChI=1S/C51H37B4N5/c52-36-24-41-39-29-46-40(28-45(39)59(47(41)43(54)26-36)38-22-34(30-13-5-1-6-14-30)21-35(23-38)31-15-7-2-8-16-31)42-25-37(53)27-44(55)48(42)60(46)51-57-49(32-17-9-3-10-18-32)56-50(58-51)33-19-11-4-12-20-33/h1-29H,52-55H2. The highest BCUT2D eigenvalue weighted by atomic mass is 15.2. The molecule has 0 aliphatic carbocycles. The van der Waals surface area contributed by atoms with Gasteiger partial charge in [-0.25, -0.2) is 4.98 Å². The first-order valence-corrected chi connectivity index (χ1v) is 20.5. The topological polar surface area (TPSA) is 48.5 Å². The van der Waals surface area contributed by atoms with Crippen molar-refractivity contribution >= 4 is 96.8 Å². The third-order valence-electron chi connectivity index (χ3n) is 11.8. The smallest absolute Gasteiger partial charge is 0.238 e. The number of benzene rings is 8. The molecular weight excluding hydrogens is 726 g/mol. The van der Waals surface area contributed by atoms with Crippen LogP contribution in [0.25, 0.3) is 100 Å². The average Bonchev–Trinajstić information content (AvgIpc) is 3.78. The highest BCUT2D eigenvalue weighted by Gasteiger charge is 2.23. The van der Waals surface area contributed by atoms with E-state index in [4.69, 9.17) is 15.0 Å². The van der Waals surface area contributed by atoms with E-state index in [-0.39, 0.29) is 0 Å². The molecule has 0 radical (unpaired) electrons. The first-order chi connectivity index (χ1) is 29.4. The molecule has 0 atom stereocenters. The van der Waals surface area contributed by atoms with Gasteiger partial charge in [0.15, 0.2) is 11.6 Å². The summed E-state index contributed by atoms with van der Waals surface area (Å²) in [6.07, 6.45) is 0. The van der Waals surface area contributed by atoms with Crippen molar-refractivity contribution in [3.8, 4) is 56.7 Å². The van der Waals surface area contributed by atoms with Crippen LogP contribution in [0.15, 0.2) is 176 Å². The molecule has 0 aliphatic heterocycles. The molecule has 0 spiro atoms. The molecule has 0 N–H and O–H groups in total. The Labute approximate surface area is 352 Å². The number of fused-ring (bicyclic) bond motifs is 6. The van der Waals surface area contributed by atoms with E-state index >= 15 is 0 Å². The largest absolute Gasteiger partial charge is 0.310 e. The summed E-state index contributed by atoms with van der Waals surface area (Å²) in [5, 5.41) is 4.70. The van der Waals surface area contributed by atoms with Gasteiger partial charge in [0.2, 0.25) is 5.95 Å². The maximum atomic E-state index is 5.27. The first-order valence-electron chi connectivity index (χ1n) is 20.5. The van der Waals surface area contributed by atoms with Crippen LogP contribution in [0.1, 0.15) is 0 Å². The third kappa shape index (κ3) is 5.96. The second-order valence-corrected chi connectivity index (χ2v) is 16.0. The number of hydrogen-bond acceptors (Lipinski definition) is 3. The van der Waals surface area contributed by atoms with Gasteiger partial charge in [-0.05, 0) is 52.6 Å². The minimum Gasteiger partial charge on any atom is -0.310 e. The quantitative estimate of drug-likeness (QED) is 0.203. The fraction of sp³-hybridized carbons (Fsp3) is 0. The minimum atomic E-state index is 0.591. The van der Waals surface area contributed by atoms with Gasteiger partial charge < -0.3 is 4.57 Å². The number of nitrogens with zero attached hydrogens (tertiary/aromatic N) is 5. The van der Waals surface area contributed by atoms with Crippen LogP contribution in [-0.4, -0.2) is 55.5 Å². The summed E-state index contributed by atoms with van der Waals surface area (Å²) in [6, 6.07) is 62.9. The monoisotopic (exact) mass is 763 g/mol. The molecule has 3 aromatic heterocycles. The predicted octanol–water partition coefficient (Wildman–Crippen LogP) is 5.77. The summed E-state index contributed by atoms with van der Waals surface area (Å²) in [4.78, 5) is 15.6. The van der Waals surface area contributed by atoms with Gasteiger partial charge >= 0.3 is 0 Å². The molecule has 278 valence electrons. The molecule has 0 aliphatic rings. The second kappa shape index (κ2) is 14.2. The fourth-order valence-corrected chi connectivity index (χ4v) is 9.25. The zero-order valence-electron chi connectivity index (χ0n) is 34.0. The molecule has 0 saturated heterocycles. The summed E-state index contributed by atoms with van der Waals surface area (Å²) in [6.45, 7) is 0. The van der Waals surface area contributed by atoms with E-state index in [0.717, 1.165) is 44.2 Å². The van der Waals surface area contributed by atoms with Crippen LogP contribution >= 0.6 is 0 Å². The molecule has 60 heavy (non-hydrogen) atoms. The van der Waals surface area contributed by atoms with Crippen molar-refractivity contribution in [3.63, 3.8) is 0 Å². The summed E-state index contributed by atoms with van der Waals surface area (Å²) >= 11 is 0. The van der Waals surface area contributed by atoms with Gasteiger partial charge in [-0.2, -0.15) is 9.97 Å². The van der Waals surface area contributed by atoms with E-state index in [2.05, 4.69) is 180 Å². The van der Waals surface area contributed by atoms with Gasteiger partial charge in [0, 0.05) is 43.9 Å². The van der Waals surface area contributed by atoms with Crippen LogP contribution < -0.4 is 21.9 Å². The molecule has 11 rings (SSSR count). The predicted molar refractivity (Wildman–Crippen MR) is 263 cm³/mol. The molecular formula is C51H37B4N5. The molecule has 5 nitrogen and oxygen atoms in total. The molecule has 0 saturated carbocycles. The molecule has 0 unspecified atom stereocenters. The lowest BCUT2D eigenvalue weighted by atomic mass is 9.85. The van der Waals surface area contributed by atoms with Gasteiger partial charge in [-0.3, -0.25) is 4.57 Å². The molecule has 9 heteroatoms. The summed E-state index contributed by atoms with van der Waals surface area (Å²) in [7, 11) is 8.82. The number of hydrogen-bond donors (Lipinski definition) is 0.